The van der Waals surface area contributed by atoms with Crippen molar-refractivity contribution in [1.82, 2.24) is 5.32 Å². The van der Waals surface area contributed by atoms with Crippen LogP contribution in [-0.4, -0.2) is 26.7 Å². The zero-order valence-corrected chi connectivity index (χ0v) is 15.6. The Hall–Kier alpha value is -2.21. The number of aryl methyl sites for hydroxylation is 1. The monoisotopic (exact) mass is 378 g/mol. The molecule has 2 aromatic rings. The van der Waals surface area contributed by atoms with Gasteiger partial charge in [-0.1, -0.05) is 24.3 Å². The minimum atomic E-state index is -4.50. The van der Waals surface area contributed by atoms with E-state index in [1.807, 2.05) is 11.9 Å². The van der Waals surface area contributed by atoms with Crippen LogP contribution < -0.4 is 15.0 Å². The molecule has 1 fully saturated rings. The minimum absolute atomic E-state index is 0.148. The van der Waals surface area contributed by atoms with Gasteiger partial charge < -0.3 is 15.0 Å². The van der Waals surface area contributed by atoms with Gasteiger partial charge in [0.1, 0.15) is 17.1 Å². The first-order valence-corrected chi connectivity index (χ1v) is 9.23. The number of ether oxygens (including phenoxy) is 1. The normalized spacial score (nSPS) is 17.8. The molecule has 146 valence electrons. The molecule has 0 bridgehead atoms. The molecule has 6 heteroatoms. The summed E-state index contributed by atoms with van der Waals surface area (Å²) in [5.41, 5.74) is 0.182. The summed E-state index contributed by atoms with van der Waals surface area (Å²) in [5, 5.41) is 3.14. The molecule has 1 saturated heterocycles. The fourth-order valence-electron chi connectivity index (χ4n) is 3.78. The fourth-order valence-corrected chi connectivity index (χ4v) is 3.78. The van der Waals surface area contributed by atoms with Crippen molar-refractivity contribution >= 4 is 5.69 Å². The molecular weight excluding hydrogens is 353 g/mol. The fraction of sp³-hybridized carbons (Fsp3) is 0.429. The lowest BCUT2D eigenvalue weighted by Gasteiger charge is -2.37. The highest BCUT2D eigenvalue weighted by Gasteiger charge is 2.40. The summed E-state index contributed by atoms with van der Waals surface area (Å²) in [6.45, 7) is 3.77. The van der Waals surface area contributed by atoms with Crippen molar-refractivity contribution in [2.75, 3.05) is 31.6 Å². The predicted molar refractivity (Wildman–Crippen MR) is 102 cm³/mol. The highest BCUT2D eigenvalue weighted by Crippen LogP contribution is 2.46. The van der Waals surface area contributed by atoms with Gasteiger partial charge in [-0.15, -0.1) is 0 Å². The molecule has 0 spiro atoms. The van der Waals surface area contributed by atoms with E-state index in [-0.39, 0.29) is 11.4 Å². The second-order valence-corrected chi connectivity index (χ2v) is 7.03. The number of anilines is 1. The third kappa shape index (κ3) is 4.56. The van der Waals surface area contributed by atoms with Gasteiger partial charge in [0.25, 0.3) is 0 Å². The SMILES string of the molecule is CNC[C@@H]1CCCN(c2c(C)ccc(Oc3ccccc3)c2C(F)(F)F)C1. The average molecular weight is 378 g/mol. The highest BCUT2D eigenvalue weighted by atomic mass is 19.4. The van der Waals surface area contributed by atoms with E-state index in [0.29, 0.717) is 30.3 Å². The molecular formula is C21H25F3N2O. The highest BCUT2D eigenvalue weighted by molar-refractivity contribution is 5.66. The molecule has 0 saturated carbocycles. The number of hydrogen-bond donors (Lipinski definition) is 1. The molecule has 0 radical (unpaired) electrons. The lowest BCUT2D eigenvalue weighted by Crippen LogP contribution is -2.40. The van der Waals surface area contributed by atoms with Gasteiger partial charge in [-0.25, -0.2) is 0 Å². The summed E-state index contributed by atoms with van der Waals surface area (Å²) in [6.07, 6.45) is -2.59. The van der Waals surface area contributed by atoms with Crippen LogP contribution in [0.15, 0.2) is 42.5 Å². The summed E-state index contributed by atoms with van der Waals surface area (Å²) in [5.74, 6) is 0.581. The molecule has 1 heterocycles. The summed E-state index contributed by atoms with van der Waals surface area (Å²) >= 11 is 0. The third-order valence-corrected chi connectivity index (χ3v) is 4.92. The number of benzene rings is 2. The second-order valence-electron chi connectivity index (χ2n) is 7.03. The lowest BCUT2D eigenvalue weighted by atomic mass is 9.95. The van der Waals surface area contributed by atoms with Crippen molar-refractivity contribution < 1.29 is 17.9 Å². The Morgan fingerprint density at radius 1 is 1.15 bits per heavy atom. The molecule has 0 aromatic heterocycles. The number of nitrogens with zero attached hydrogens (tertiary/aromatic N) is 1. The Balaban J connectivity index is 2.03. The minimum Gasteiger partial charge on any atom is -0.457 e. The Morgan fingerprint density at radius 2 is 1.89 bits per heavy atom. The Morgan fingerprint density at radius 3 is 2.56 bits per heavy atom. The van der Waals surface area contributed by atoms with Gasteiger partial charge in [0.2, 0.25) is 0 Å². The van der Waals surface area contributed by atoms with Gasteiger partial charge >= 0.3 is 6.18 Å². The maximum Gasteiger partial charge on any atom is 0.422 e. The van der Waals surface area contributed by atoms with Crippen LogP contribution in [0.5, 0.6) is 11.5 Å². The standard InChI is InChI=1S/C21H25F3N2O/c1-15-10-11-18(27-17-8-4-3-5-9-17)19(21(22,23)24)20(15)26-12-6-7-16(14-26)13-25-2/h3-5,8-11,16,25H,6-7,12-14H2,1-2H3/t16-/m0/s1. The molecule has 1 N–H and O–H groups in total. The first kappa shape index (κ1) is 19.5. The smallest absolute Gasteiger partial charge is 0.422 e. The second kappa shape index (κ2) is 8.21. The van der Waals surface area contributed by atoms with Crippen LogP contribution in [-0.2, 0) is 6.18 Å². The molecule has 1 aliphatic heterocycles. The molecule has 2 aromatic carbocycles. The number of rotatable bonds is 5. The summed E-state index contributed by atoms with van der Waals surface area (Å²) in [6, 6.07) is 11.7. The molecule has 0 unspecified atom stereocenters. The van der Waals surface area contributed by atoms with Crippen LogP contribution in [0.25, 0.3) is 0 Å². The number of hydrogen-bond acceptors (Lipinski definition) is 3. The number of para-hydroxylation sites is 1. The Labute approximate surface area is 158 Å². The van der Waals surface area contributed by atoms with Crippen LogP contribution in [0.4, 0.5) is 18.9 Å². The van der Waals surface area contributed by atoms with Crippen molar-refractivity contribution in [2.24, 2.45) is 5.92 Å². The van der Waals surface area contributed by atoms with Gasteiger partial charge in [0.05, 0.1) is 5.69 Å². The van der Waals surface area contributed by atoms with E-state index in [9.17, 15) is 13.2 Å². The van der Waals surface area contributed by atoms with Crippen LogP contribution in [0.2, 0.25) is 0 Å². The lowest BCUT2D eigenvalue weighted by molar-refractivity contribution is -0.138. The van der Waals surface area contributed by atoms with Crippen LogP contribution in [0.1, 0.15) is 24.0 Å². The van der Waals surface area contributed by atoms with Crippen LogP contribution in [0, 0.1) is 12.8 Å². The molecule has 3 nitrogen and oxygen atoms in total. The zero-order valence-electron chi connectivity index (χ0n) is 15.6. The van der Waals surface area contributed by atoms with E-state index in [0.717, 1.165) is 19.4 Å². The number of nitrogens with one attached hydrogen (secondary N) is 1. The molecule has 3 rings (SSSR count). The van der Waals surface area contributed by atoms with Crippen molar-refractivity contribution in [1.29, 1.82) is 0 Å². The largest absolute Gasteiger partial charge is 0.457 e. The summed E-state index contributed by atoms with van der Waals surface area (Å²) < 4.78 is 47.9. The molecule has 1 atom stereocenters. The van der Waals surface area contributed by atoms with Gasteiger partial charge in [0, 0.05) is 13.1 Å². The predicted octanol–water partition coefficient (Wildman–Crippen LogP) is 5.24. The van der Waals surface area contributed by atoms with Crippen molar-refractivity contribution in [2.45, 2.75) is 25.9 Å². The van der Waals surface area contributed by atoms with Gasteiger partial charge in [0.15, 0.2) is 0 Å². The van der Waals surface area contributed by atoms with Crippen LogP contribution in [0.3, 0.4) is 0 Å². The maximum absolute atomic E-state index is 14.1. The molecule has 0 amide bonds. The van der Waals surface area contributed by atoms with E-state index < -0.39 is 11.7 Å². The van der Waals surface area contributed by atoms with Gasteiger partial charge in [-0.2, -0.15) is 13.2 Å². The summed E-state index contributed by atoms with van der Waals surface area (Å²) in [4.78, 5) is 1.88. The van der Waals surface area contributed by atoms with Gasteiger partial charge in [-0.05, 0) is 63.0 Å². The Kier molecular flexibility index (Phi) is 5.95. The maximum atomic E-state index is 14.1. The number of alkyl halides is 3. The zero-order chi connectivity index (χ0) is 19.4. The Bertz CT molecular complexity index is 760. The van der Waals surface area contributed by atoms with E-state index in [1.165, 1.54) is 6.07 Å². The molecule has 0 aliphatic carbocycles. The van der Waals surface area contributed by atoms with E-state index in [2.05, 4.69) is 5.32 Å². The van der Waals surface area contributed by atoms with Crippen molar-refractivity contribution in [3.8, 4) is 11.5 Å². The first-order chi connectivity index (χ1) is 12.9. The molecule has 27 heavy (non-hydrogen) atoms. The molecule has 1 aliphatic rings. The van der Waals surface area contributed by atoms with Crippen molar-refractivity contribution in [3.63, 3.8) is 0 Å². The quantitative estimate of drug-likeness (QED) is 0.770. The number of halogens is 3. The topological polar surface area (TPSA) is 24.5 Å². The third-order valence-electron chi connectivity index (χ3n) is 4.92. The average Bonchev–Trinajstić information content (AvgIpc) is 2.63. The van der Waals surface area contributed by atoms with Crippen molar-refractivity contribution in [3.05, 3.63) is 53.6 Å². The first-order valence-electron chi connectivity index (χ1n) is 9.23. The van der Waals surface area contributed by atoms with E-state index in [4.69, 9.17) is 4.74 Å². The van der Waals surface area contributed by atoms with E-state index >= 15 is 0 Å². The summed E-state index contributed by atoms with van der Waals surface area (Å²) in [7, 11) is 1.87. The van der Waals surface area contributed by atoms with Crippen LogP contribution >= 0.6 is 0 Å². The van der Waals surface area contributed by atoms with E-state index in [1.54, 1.807) is 43.3 Å². The van der Waals surface area contributed by atoms with Gasteiger partial charge in [-0.3, -0.25) is 0 Å². The number of piperidine rings is 1.